The summed E-state index contributed by atoms with van der Waals surface area (Å²) < 4.78 is 20.9. The number of allylic oxidation sites excluding steroid dienone is 3. The summed E-state index contributed by atoms with van der Waals surface area (Å²) in [4.78, 5) is 28.0. The van der Waals surface area contributed by atoms with Crippen LogP contribution in [0, 0.1) is 0 Å². The molecule has 2 heterocycles. The molecule has 1 aliphatic heterocycles. The molecule has 0 fully saturated rings. The summed E-state index contributed by atoms with van der Waals surface area (Å²) in [5.41, 5.74) is 2.12. The first-order valence-corrected chi connectivity index (χ1v) is 9.15. The van der Waals surface area contributed by atoms with Gasteiger partial charge in [-0.3, -0.25) is 9.79 Å². The van der Waals surface area contributed by atoms with Gasteiger partial charge >= 0.3 is 5.97 Å². The van der Waals surface area contributed by atoms with E-state index in [2.05, 4.69) is 10.3 Å². The Labute approximate surface area is 167 Å². The lowest BCUT2D eigenvalue weighted by atomic mass is 9.99. The molecule has 29 heavy (non-hydrogen) atoms. The van der Waals surface area contributed by atoms with Gasteiger partial charge in [0.05, 0.1) is 0 Å². The van der Waals surface area contributed by atoms with E-state index in [9.17, 15) is 19.1 Å². The largest absolute Gasteiger partial charge is 0.477 e. The Morgan fingerprint density at radius 1 is 1.38 bits per heavy atom. The van der Waals surface area contributed by atoms with Crippen LogP contribution in [0.1, 0.15) is 37.7 Å². The van der Waals surface area contributed by atoms with Gasteiger partial charge in [0, 0.05) is 46.7 Å². The standard InChI is InChI=1S/C22H21FN2O4/c1-4-9-25-13(3)14-6-5-7-15-16-8-10-24-11-17(22(27)28)19(26)18(23)12(2)20(16)29-21(14)15/h4-7,9,11,24H,8,10H2,1-3H3,(H,27,28)/b9-4-,17-11+,18-12-,25-13+. The topological polar surface area (TPSA) is 91.9 Å². The fraction of sp³-hybridized carbons (Fsp3) is 0.227. The normalized spacial score (nSPS) is 20.3. The highest BCUT2D eigenvalue weighted by molar-refractivity contribution is 6.24. The van der Waals surface area contributed by atoms with Crippen LogP contribution in [0.4, 0.5) is 4.39 Å². The van der Waals surface area contributed by atoms with E-state index in [0.29, 0.717) is 18.5 Å². The van der Waals surface area contributed by atoms with Gasteiger partial charge < -0.3 is 14.8 Å². The van der Waals surface area contributed by atoms with Crippen molar-refractivity contribution in [2.24, 2.45) is 4.99 Å². The molecule has 0 aliphatic carbocycles. The number of para-hydroxylation sites is 1. The van der Waals surface area contributed by atoms with Gasteiger partial charge in [-0.25, -0.2) is 9.18 Å². The SMILES string of the molecule is C/C=C\N=C(/C)c1cccc2c3c(oc12)/C(C)=C(\F)C(=O)/C(C(=O)O)=C\NCC3. The fourth-order valence-corrected chi connectivity index (χ4v) is 3.25. The lowest BCUT2D eigenvalue weighted by Crippen LogP contribution is -2.20. The highest BCUT2D eigenvalue weighted by Crippen LogP contribution is 2.35. The number of nitrogens with one attached hydrogen (secondary N) is 1. The summed E-state index contributed by atoms with van der Waals surface area (Å²) >= 11 is 0. The van der Waals surface area contributed by atoms with Crippen molar-refractivity contribution in [2.75, 3.05) is 6.54 Å². The van der Waals surface area contributed by atoms with Gasteiger partial charge in [-0.05, 0) is 33.3 Å². The molecule has 2 aromatic rings. The zero-order valence-electron chi connectivity index (χ0n) is 16.4. The molecule has 0 bridgehead atoms. The maximum Gasteiger partial charge on any atom is 0.341 e. The van der Waals surface area contributed by atoms with Crippen LogP contribution in [0.3, 0.4) is 0 Å². The monoisotopic (exact) mass is 396 g/mol. The molecule has 0 spiro atoms. The molecule has 0 amide bonds. The summed E-state index contributed by atoms with van der Waals surface area (Å²) in [6.07, 6.45) is 4.99. The number of carbonyl (C=O) groups excluding carboxylic acids is 1. The maximum absolute atomic E-state index is 14.9. The summed E-state index contributed by atoms with van der Waals surface area (Å²) in [7, 11) is 0. The molecule has 0 unspecified atom stereocenters. The molecule has 7 heteroatoms. The Bertz CT molecular complexity index is 1120. The third-order valence-corrected chi connectivity index (χ3v) is 4.74. The van der Waals surface area contributed by atoms with Gasteiger partial charge in [-0.2, -0.15) is 0 Å². The number of carboxylic acid groups (broad SMARTS) is 1. The first-order valence-electron chi connectivity index (χ1n) is 9.15. The second-order valence-electron chi connectivity index (χ2n) is 6.62. The molecule has 150 valence electrons. The fourth-order valence-electron chi connectivity index (χ4n) is 3.25. The summed E-state index contributed by atoms with van der Waals surface area (Å²) in [5.74, 6) is -3.59. The van der Waals surface area contributed by atoms with Crippen LogP contribution < -0.4 is 5.32 Å². The number of nitrogens with zero attached hydrogens (tertiary/aromatic N) is 1. The van der Waals surface area contributed by atoms with Gasteiger partial charge in [-0.15, -0.1) is 0 Å². The minimum Gasteiger partial charge on any atom is -0.477 e. The molecule has 0 atom stereocenters. The van der Waals surface area contributed by atoms with Gasteiger partial charge in [-0.1, -0.05) is 18.2 Å². The Morgan fingerprint density at radius 2 is 2.14 bits per heavy atom. The number of ketones is 1. The van der Waals surface area contributed by atoms with E-state index in [-0.39, 0.29) is 11.3 Å². The minimum atomic E-state index is -1.49. The Kier molecular flexibility index (Phi) is 5.77. The number of fused-ring (bicyclic) bond motifs is 3. The minimum absolute atomic E-state index is 0.0238. The van der Waals surface area contributed by atoms with Crippen LogP contribution in [-0.4, -0.2) is 29.1 Å². The number of rotatable bonds is 3. The highest BCUT2D eigenvalue weighted by atomic mass is 19.1. The Morgan fingerprint density at radius 3 is 2.83 bits per heavy atom. The van der Waals surface area contributed by atoms with E-state index < -0.39 is 23.2 Å². The van der Waals surface area contributed by atoms with Crippen molar-refractivity contribution in [3.05, 3.63) is 65.0 Å². The predicted molar refractivity (Wildman–Crippen MR) is 109 cm³/mol. The van der Waals surface area contributed by atoms with E-state index in [1.807, 2.05) is 38.1 Å². The second kappa shape index (κ2) is 8.26. The molecule has 6 nitrogen and oxygen atoms in total. The molecule has 2 N–H and O–H groups in total. The van der Waals surface area contributed by atoms with Crippen molar-refractivity contribution in [3.8, 4) is 0 Å². The number of halogens is 1. The van der Waals surface area contributed by atoms with E-state index in [4.69, 9.17) is 4.42 Å². The number of aliphatic imine (C=N–C) groups is 1. The highest BCUT2D eigenvalue weighted by Gasteiger charge is 2.28. The van der Waals surface area contributed by atoms with Crippen molar-refractivity contribution in [1.82, 2.24) is 5.32 Å². The quantitative estimate of drug-likeness (QED) is 0.600. The summed E-state index contributed by atoms with van der Waals surface area (Å²) in [6.45, 7) is 5.49. The number of benzene rings is 1. The maximum atomic E-state index is 14.9. The zero-order valence-corrected chi connectivity index (χ0v) is 16.4. The van der Waals surface area contributed by atoms with Gasteiger partial charge in [0.15, 0.2) is 5.83 Å². The third-order valence-electron chi connectivity index (χ3n) is 4.74. The number of hydrogen-bond acceptors (Lipinski definition) is 5. The zero-order chi connectivity index (χ0) is 21.1. The van der Waals surface area contributed by atoms with Gasteiger partial charge in [0.2, 0.25) is 5.78 Å². The van der Waals surface area contributed by atoms with E-state index in [0.717, 1.165) is 28.4 Å². The van der Waals surface area contributed by atoms with Crippen LogP contribution >= 0.6 is 0 Å². The van der Waals surface area contributed by atoms with Crippen LogP contribution in [0.2, 0.25) is 0 Å². The lowest BCUT2D eigenvalue weighted by molar-refractivity contribution is -0.134. The summed E-state index contributed by atoms with van der Waals surface area (Å²) in [6, 6.07) is 5.61. The van der Waals surface area contributed by atoms with E-state index in [1.54, 1.807) is 6.20 Å². The molecule has 0 radical (unpaired) electrons. The number of hydrogen-bond donors (Lipinski definition) is 2. The van der Waals surface area contributed by atoms with Crippen molar-refractivity contribution in [1.29, 1.82) is 0 Å². The molecule has 1 aromatic carbocycles. The second-order valence-corrected chi connectivity index (χ2v) is 6.62. The number of carboxylic acids is 1. The number of carbonyl (C=O) groups is 2. The van der Waals surface area contributed by atoms with E-state index in [1.165, 1.54) is 6.92 Å². The van der Waals surface area contributed by atoms with Crippen LogP contribution in [-0.2, 0) is 16.0 Å². The number of furan rings is 1. The average molecular weight is 396 g/mol. The van der Waals surface area contributed by atoms with Gasteiger partial charge in [0.25, 0.3) is 0 Å². The molecular formula is C22H21FN2O4. The molecule has 1 aromatic heterocycles. The molecular weight excluding hydrogens is 375 g/mol. The lowest BCUT2D eigenvalue weighted by Gasteiger charge is -2.09. The molecule has 3 rings (SSSR count). The van der Waals surface area contributed by atoms with Crippen LogP contribution in [0.15, 0.2) is 57.5 Å². The van der Waals surface area contributed by atoms with Crippen LogP contribution in [0.25, 0.3) is 16.5 Å². The van der Waals surface area contributed by atoms with Crippen molar-refractivity contribution in [3.63, 3.8) is 0 Å². The van der Waals surface area contributed by atoms with Gasteiger partial charge in [0.1, 0.15) is 16.9 Å². The molecule has 1 aliphatic rings. The smallest absolute Gasteiger partial charge is 0.341 e. The number of aliphatic carboxylic acids is 1. The van der Waals surface area contributed by atoms with Crippen LogP contribution in [0.5, 0.6) is 0 Å². The average Bonchev–Trinajstić information content (AvgIpc) is 3.08. The Balaban J connectivity index is 2.25. The number of Topliss-reactive ketones (excluding diaryl/α,β-unsaturated/α-hetero) is 1. The van der Waals surface area contributed by atoms with Crippen molar-refractivity contribution >= 4 is 34.0 Å². The molecule has 0 saturated carbocycles. The Hall–Kier alpha value is -3.48. The first kappa shape index (κ1) is 20.3. The van der Waals surface area contributed by atoms with E-state index >= 15 is 0 Å². The first-order chi connectivity index (χ1) is 13.9. The van der Waals surface area contributed by atoms with Crippen molar-refractivity contribution in [2.45, 2.75) is 27.2 Å². The molecule has 0 saturated heterocycles. The van der Waals surface area contributed by atoms with Crippen molar-refractivity contribution < 1.29 is 23.5 Å². The summed E-state index contributed by atoms with van der Waals surface area (Å²) in [5, 5.41) is 12.8. The predicted octanol–water partition coefficient (Wildman–Crippen LogP) is 4.16. The third kappa shape index (κ3) is 3.76.